The molecule has 0 aromatic carbocycles. The predicted molar refractivity (Wildman–Crippen MR) is 69.0 cm³/mol. The molecular weight excluding hydrogens is 180 g/mol. The third-order valence-electron chi connectivity index (χ3n) is 4.29. The molecule has 1 saturated carbocycles. The smallest absolute Gasteiger partial charge is 0.0388 e. The molecule has 0 aromatic heterocycles. The standard InChI is InChI=1S/C15H30/c1-5-15-11-14(10-12(2)3)9-7-6-8-13(15)4/h12-15H,5-11H2,1-4H3. The summed E-state index contributed by atoms with van der Waals surface area (Å²) < 4.78 is 0. The number of rotatable bonds is 3. The van der Waals surface area contributed by atoms with E-state index in [-0.39, 0.29) is 0 Å². The monoisotopic (exact) mass is 210 g/mol. The maximum absolute atomic E-state index is 2.48. The van der Waals surface area contributed by atoms with Crippen LogP contribution in [0.2, 0.25) is 0 Å². The van der Waals surface area contributed by atoms with Gasteiger partial charge in [-0.2, -0.15) is 0 Å². The van der Waals surface area contributed by atoms with Gasteiger partial charge in [0.1, 0.15) is 0 Å². The van der Waals surface area contributed by atoms with E-state index in [1.54, 1.807) is 0 Å². The molecule has 15 heavy (non-hydrogen) atoms. The Bertz CT molecular complexity index is 159. The van der Waals surface area contributed by atoms with Crippen LogP contribution in [-0.4, -0.2) is 0 Å². The molecule has 0 heteroatoms. The van der Waals surface area contributed by atoms with Gasteiger partial charge in [0.05, 0.1) is 0 Å². The van der Waals surface area contributed by atoms with Crippen LogP contribution < -0.4 is 0 Å². The van der Waals surface area contributed by atoms with Gasteiger partial charge in [0.15, 0.2) is 0 Å². The highest BCUT2D eigenvalue weighted by molar-refractivity contribution is 4.74. The Morgan fingerprint density at radius 2 is 1.80 bits per heavy atom. The fourth-order valence-electron chi connectivity index (χ4n) is 3.36. The highest BCUT2D eigenvalue weighted by atomic mass is 14.3. The fraction of sp³-hybridized carbons (Fsp3) is 1.00. The molecule has 0 saturated heterocycles. The Kier molecular flexibility index (Phi) is 5.71. The van der Waals surface area contributed by atoms with E-state index >= 15 is 0 Å². The lowest BCUT2D eigenvalue weighted by Gasteiger charge is -2.31. The highest BCUT2D eigenvalue weighted by Gasteiger charge is 2.23. The van der Waals surface area contributed by atoms with Crippen LogP contribution >= 0.6 is 0 Å². The zero-order valence-corrected chi connectivity index (χ0v) is 11.3. The molecule has 1 aliphatic rings. The second kappa shape index (κ2) is 6.55. The Morgan fingerprint density at radius 3 is 2.40 bits per heavy atom. The first-order valence-corrected chi connectivity index (χ1v) is 7.13. The first-order valence-electron chi connectivity index (χ1n) is 7.13. The lowest BCUT2D eigenvalue weighted by atomic mass is 9.75. The summed E-state index contributed by atoms with van der Waals surface area (Å²) in [7, 11) is 0. The third-order valence-corrected chi connectivity index (χ3v) is 4.29. The van der Waals surface area contributed by atoms with E-state index in [2.05, 4.69) is 27.7 Å². The van der Waals surface area contributed by atoms with Gasteiger partial charge >= 0.3 is 0 Å². The molecule has 0 radical (unpaired) electrons. The molecule has 1 fully saturated rings. The van der Waals surface area contributed by atoms with Crippen LogP contribution in [0.5, 0.6) is 0 Å². The number of hydrogen-bond acceptors (Lipinski definition) is 0. The van der Waals surface area contributed by atoms with Gasteiger partial charge in [0.2, 0.25) is 0 Å². The third kappa shape index (κ3) is 4.57. The topological polar surface area (TPSA) is 0 Å². The Hall–Kier alpha value is 0. The van der Waals surface area contributed by atoms with E-state index in [4.69, 9.17) is 0 Å². The molecule has 0 bridgehead atoms. The molecule has 0 spiro atoms. The van der Waals surface area contributed by atoms with E-state index in [9.17, 15) is 0 Å². The molecule has 0 aromatic rings. The van der Waals surface area contributed by atoms with Crippen LogP contribution in [0.1, 0.15) is 72.6 Å². The summed E-state index contributed by atoms with van der Waals surface area (Å²) in [5.41, 5.74) is 0. The Balaban J connectivity index is 2.48. The minimum absolute atomic E-state index is 0.891. The van der Waals surface area contributed by atoms with Crippen LogP contribution in [0, 0.1) is 23.7 Å². The first kappa shape index (κ1) is 13.1. The van der Waals surface area contributed by atoms with E-state index in [1.165, 1.54) is 44.9 Å². The maximum atomic E-state index is 2.48. The van der Waals surface area contributed by atoms with Crippen molar-refractivity contribution in [3.63, 3.8) is 0 Å². The van der Waals surface area contributed by atoms with Gasteiger partial charge in [0.25, 0.3) is 0 Å². The summed E-state index contributed by atoms with van der Waals surface area (Å²) in [6, 6.07) is 0. The minimum Gasteiger partial charge on any atom is -0.0651 e. The Labute approximate surface area is 96.8 Å². The second-order valence-electron chi connectivity index (χ2n) is 6.16. The maximum Gasteiger partial charge on any atom is -0.0388 e. The molecule has 0 N–H and O–H groups in total. The van der Waals surface area contributed by atoms with E-state index in [1.807, 2.05) is 0 Å². The average Bonchev–Trinajstić information content (AvgIpc) is 2.16. The van der Waals surface area contributed by atoms with Crippen molar-refractivity contribution in [3.8, 4) is 0 Å². The van der Waals surface area contributed by atoms with Gasteiger partial charge in [-0.05, 0) is 36.5 Å². The van der Waals surface area contributed by atoms with Crippen molar-refractivity contribution in [2.75, 3.05) is 0 Å². The molecule has 3 unspecified atom stereocenters. The van der Waals surface area contributed by atoms with Gasteiger partial charge in [-0.25, -0.2) is 0 Å². The summed E-state index contributed by atoms with van der Waals surface area (Å²) in [6.45, 7) is 9.62. The summed E-state index contributed by atoms with van der Waals surface area (Å²) in [5.74, 6) is 3.90. The van der Waals surface area contributed by atoms with Crippen LogP contribution in [0.25, 0.3) is 0 Å². The zero-order chi connectivity index (χ0) is 11.3. The number of hydrogen-bond donors (Lipinski definition) is 0. The molecule has 90 valence electrons. The fourth-order valence-corrected chi connectivity index (χ4v) is 3.36. The van der Waals surface area contributed by atoms with Gasteiger partial charge in [-0.1, -0.05) is 59.8 Å². The van der Waals surface area contributed by atoms with Crippen molar-refractivity contribution >= 4 is 0 Å². The van der Waals surface area contributed by atoms with Crippen LogP contribution in [0.4, 0.5) is 0 Å². The van der Waals surface area contributed by atoms with Gasteiger partial charge < -0.3 is 0 Å². The largest absolute Gasteiger partial charge is 0.0651 e. The Morgan fingerprint density at radius 1 is 1.13 bits per heavy atom. The SMILES string of the molecule is CCC1CC(CC(C)C)CCCCC1C. The van der Waals surface area contributed by atoms with Crippen LogP contribution in [0.3, 0.4) is 0 Å². The summed E-state index contributed by atoms with van der Waals surface area (Å²) in [6.07, 6.45) is 10.3. The van der Waals surface area contributed by atoms with Gasteiger partial charge in [0, 0.05) is 0 Å². The van der Waals surface area contributed by atoms with Gasteiger partial charge in [-0.3, -0.25) is 0 Å². The quantitative estimate of drug-likeness (QED) is 0.595. The normalized spacial score (nSPS) is 33.8. The lowest BCUT2D eigenvalue weighted by molar-refractivity contribution is 0.206. The zero-order valence-electron chi connectivity index (χ0n) is 11.3. The highest BCUT2D eigenvalue weighted by Crippen LogP contribution is 2.35. The second-order valence-corrected chi connectivity index (χ2v) is 6.16. The molecule has 3 atom stereocenters. The molecule has 1 aliphatic carbocycles. The van der Waals surface area contributed by atoms with Crippen molar-refractivity contribution in [2.24, 2.45) is 23.7 Å². The molecular formula is C15H30. The van der Waals surface area contributed by atoms with Gasteiger partial charge in [-0.15, -0.1) is 0 Å². The van der Waals surface area contributed by atoms with Crippen molar-refractivity contribution in [3.05, 3.63) is 0 Å². The van der Waals surface area contributed by atoms with E-state index < -0.39 is 0 Å². The summed E-state index contributed by atoms with van der Waals surface area (Å²) in [4.78, 5) is 0. The van der Waals surface area contributed by atoms with Crippen molar-refractivity contribution in [1.82, 2.24) is 0 Å². The molecule has 0 heterocycles. The minimum atomic E-state index is 0.891. The first-order chi connectivity index (χ1) is 7.13. The van der Waals surface area contributed by atoms with E-state index in [0.717, 1.165) is 23.7 Å². The molecule has 0 aliphatic heterocycles. The van der Waals surface area contributed by atoms with Crippen LogP contribution in [-0.2, 0) is 0 Å². The summed E-state index contributed by atoms with van der Waals surface area (Å²) in [5, 5.41) is 0. The molecule has 0 nitrogen and oxygen atoms in total. The predicted octanol–water partition coefficient (Wildman–Crippen LogP) is 5.28. The summed E-state index contributed by atoms with van der Waals surface area (Å²) >= 11 is 0. The van der Waals surface area contributed by atoms with Crippen molar-refractivity contribution in [1.29, 1.82) is 0 Å². The van der Waals surface area contributed by atoms with Crippen molar-refractivity contribution in [2.45, 2.75) is 72.6 Å². The van der Waals surface area contributed by atoms with Crippen molar-refractivity contribution < 1.29 is 0 Å². The van der Waals surface area contributed by atoms with Crippen LogP contribution in [0.15, 0.2) is 0 Å². The van der Waals surface area contributed by atoms with E-state index in [0.29, 0.717) is 0 Å². The average molecular weight is 210 g/mol. The molecule has 0 amide bonds. The molecule has 1 rings (SSSR count). The lowest BCUT2D eigenvalue weighted by Crippen LogP contribution is -2.19.